The van der Waals surface area contributed by atoms with Crippen LogP contribution in [0.25, 0.3) is 0 Å². The van der Waals surface area contributed by atoms with E-state index >= 15 is 0 Å². The number of nitrogens with zero attached hydrogens (tertiary/aromatic N) is 1. The molecule has 0 N–H and O–H groups in total. The molecule has 5 nitrogen and oxygen atoms in total. The molecule has 90 valence electrons. The molecular weight excluding hydrogens is 222 g/mol. The van der Waals surface area contributed by atoms with Crippen LogP contribution in [0.3, 0.4) is 0 Å². The zero-order valence-corrected chi connectivity index (χ0v) is 9.67. The van der Waals surface area contributed by atoms with Gasteiger partial charge in [0.15, 0.2) is 0 Å². The molecule has 0 saturated carbocycles. The van der Waals surface area contributed by atoms with Gasteiger partial charge in [-0.3, -0.25) is 9.79 Å². The first kappa shape index (κ1) is 12.9. The van der Waals surface area contributed by atoms with Crippen molar-refractivity contribution < 1.29 is 19.1 Å². The molecule has 0 spiro atoms. The zero-order valence-electron chi connectivity index (χ0n) is 9.67. The standard InChI is InChI=1S/C12H13NO4/c1-16-11(14)8-13-7-9-3-5-10(6-4-9)12(15)17-2/h3-7H,8H2,1-2H3. The van der Waals surface area contributed by atoms with Gasteiger partial charge in [-0.25, -0.2) is 4.79 Å². The average Bonchev–Trinajstić information content (AvgIpc) is 2.38. The average molecular weight is 235 g/mol. The maximum atomic E-state index is 11.1. The highest BCUT2D eigenvalue weighted by Crippen LogP contribution is 2.03. The van der Waals surface area contributed by atoms with Crippen molar-refractivity contribution in [2.45, 2.75) is 0 Å². The number of carbonyl (C=O) groups excluding carboxylic acids is 2. The molecular formula is C12H13NO4. The number of hydrogen-bond donors (Lipinski definition) is 0. The van der Waals surface area contributed by atoms with Crippen LogP contribution in [-0.2, 0) is 14.3 Å². The van der Waals surface area contributed by atoms with Crippen molar-refractivity contribution >= 4 is 18.2 Å². The molecule has 0 fully saturated rings. The maximum Gasteiger partial charge on any atom is 0.337 e. The Bertz CT molecular complexity index is 423. The molecule has 1 aromatic carbocycles. The number of aliphatic imine (C=N–C) groups is 1. The second-order valence-corrected chi connectivity index (χ2v) is 3.16. The van der Waals surface area contributed by atoms with Crippen LogP contribution in [0.5, 0.6) is 0 Å². The van der Waals surface area contributed by atoms with Gasteiger partial charge in [-0.2, -0.15) is 0 Å². The van der Waals surface area contributed by atoms with E-state index in [1.165, 1.54) is 20.4 Å². The summed E-state index contributed by atoms with van der Waals surface area (Å²) in [5.41, 5.74) is 1.26. The van der Waals surface area contributed by atoms with E-state index in [1.54, 1.807) is 24.3 Å². The van der Waals surface area contributed by atoms with Gasteiger partial charge in [-0.05, 0) is 17.7 Å². The van der Waals surface area contributed by atoms with Crippen LogP contribution >= 0.6 is 0 Å². The van der Waals surface area contributed by atoms with Gasteiger partial charge in [0.1, 0.15) is 6.54 Å². The summed E-state index contributed by atoms with van der Waals surface area (Å²) in [4.78, 5) is 25.8. The minimum Gasteiger partial charge on any atom is -0.468 e. The highest BCUT2D eigenvalue weighted by Gasteiger charge is 2.03. The second kappa shape index (κ2) is 6.42. The molecule has 0 atom stereocenters. The first-order valence-corrected chi connectivity index (χ1v) is 4.92. The summed E-state index contributed by atoms with van der Waals surface area (Å²) in [5, 5.41) is 0. The second-order valence-electron chi connectivity index (χ2n) is 3.16. The van der Waals surface area contributed by atoms with Gasteiger partial charge in [0, 0.05) is 6.21 Å². The van der Waals surface area contributed by atoms with E-state index in [2.05, 4.69) is 14.5 Å². The molecule has 17 heavy (non-hydrogen) atoms. The van der Waals surface area contributed by atoms with E-state index in [1.807, 2.05) is 0 Å². The van der Waals surface area contributed by atoms with Crippen molar-refractivity contribution in [2.24, 2.45) is 4.99 Å². The van der Waals surface area contributed by atoms with Crippen molar-refractivity contribution in [3.05, 3.63) is 35.4 Å². The van der Waals surface area contributed by atoms with Gasteiger partial charge in [0.05, 0.1) is 19.8 Å². The fraction of sp³-hybridized carbons (Fsp3) is 0.250. The number of methoxy groups -OCH3 is 2. The lowest BCUT2D eigenvalue weighted by atomic mass is 10.1. The van der Waals surface area contributed by atoms with Crippen LogP contribution in [-0.4, -0.2) is 38.9 Å². The Morgan fingerprint density at radius 1 is 1.18 bits per heavy atom. The van der Waals surface area contributed by atoms with E-state index in [0.717, 1.165) is 5.56 Å². The van der Waals surface area contributed by atoms with Crippen LogP contribution in [0.1, 0.15) is 15.9 Å². The van der Waals surface area contributed by atoms with Gasteiger partial charge in [0.2, 0.25) is 0 Å². The molecule has 0 heterocycles. The Morgan fingerprint density at radius 2 is 1.82 bits per heavy atom. The number of benzene rings is 1. The third-order valence-electron chi connectivity index (χ3n) is 2.02. The van der Waals surface area contributed by atoms with Crippen LogP contribution < -0.4 is 0 Å². The van der Waals surface area contributed by atoms with Crippen LogP contribution in [0.2, 0.25) is 0 Å². The predicted molar refractivity (Wildman–Crippen MR) is 62.3 cm³/mol. The molecule has 0 radical (unpaired) electrons. The van der Waals surface area contributed by atoms with Gasteiger partial charge < -0.3 is 9.47 Å². The van der Waals surface area contributed by atoms with Gasteiger partial charge in [0.25, 0.3) is 0 Å². The highest BCUT2D eigenvalue weighted by molar-refractivity contribution is 5.90. The van der Waals surface area contributed by atoms with E-state index in [9.17, 15) is 9.59 Å². The number of rotatable bonds is 4. The quantitative estimate of drug-likeness (QED) is 0.578. The third-order valence-corrected chi connectivity index (χ3v) is 2.02. The summed E-state index contributed by atoms with van der Waals surface area (Å²) in [5.74, 6) is -0.782. The summed E-state index contributed by atoms with van der Waals surface area (Å²) in [6.45, 7) is -0.0186. The molecule has 0 saturated heterocycles. The number of carbonyl (C=O) groups is 2. The van der Waals surface area contributed by atoms with Crippen LogP contribution in [0, 0.1) is 0 Å². The fourth-order valence-corrected chi connectivity index (χ4v) is 1.11. The topological polar surface area (TPSA) is 65.0 Å². The molecule has 1 aromatic rings. The summed E-state index contributed by atoms with van der Waals surface area (Å²) < 4.78 is 9.01. The van der Waals surface area contributed by atoms with Crippen LogP contribution in [0.4, 0.5) is 0 Å². The number of esters is 2. The Hall–Kier alpha value is -2.17. The molecule has 0 bridgehead atoms. The van der Waals surface area contributed by atoms with Gasteiger partial charge >= 0.3 is 11.9 Å². The van der Waals surface area contributed by atoms with Crippen molar-refractivity contribution in [3.63, 3.8) is 0 Å². The third kappa shape index (κ3) is 4.06. The summed E-state index contributed by atoms with van der Waals surface area (Å²) in [7, 11) is 2.64. The minimum absolute atomic E-state index is 0.0186. The lowest BCUT2D eigenvalue weighted by Crippen LogP contribution is -2.04. The normalized spacial score (nSPS) is 10.2. The molecule has 0 amide bonds. The smallest absolute Gasteiger partial charge is 0.337 e. The van der Waals surface area contributed by atoms with Crippen molar-refractivity contribution in [1.82, 2.24) is 0 Å². The summed E-state index contributed by atoms with van der Waals surface area (Å²) >= 11 is 0. The molecule has 0 aromatic heterocycles. The Kier molecular flexibility index (Phi) is 4.87. The number of ether oxygens (including phenoxy) is 2. The zero-order chi connectivity index (χ0) is 12.7. The molecule has 0 aliphatic heterocycles. The van der Waals surface area contributed by atoms with E-state index < -0.39 is 5.97 Å². The summed E-state index contributed by atoms with van der Waals surface area (Å²) in [6, 6.07) is 6.69. The van der Waals surface area contributed by atoms with E-state index in [4.69, 9.17) is 0 Å². The van der Waals surface area contributed by atoms with Gasteiger partial charge in [-0.15, -0.1) is 0 Å². The fourth-order valence-electron chi connectivity index (χ4n) is 1.11. The van der Waals surface area contributed by atoms with E-state index in [-0.39, 0.29) is 12.5 Å². The monoisotopic (exact) mass is 235 g/mol. The van der Waals surface area contributed by atoms with Gasteiger partial charge in [-0.1, -0.05) is 12.1 Å². The molecule has 1 rings (SSSR count). The predicted octanol–water partition coefficient (Wildman–Crippen LogP) is 1.07. The summed E-state index contributed by atoms with van der Waals surface area (Å²) in [6.07, 6.45) is 1.54. The maximum absolute atomic E-state index is 11.1. The van der Waals surface area contributed by atoms with Crippen LogP contribution in [0.15, 0.2) is 29.3 Å². The highest BCUT2D eigenvalue weighted by atomic mass is 16.5. The SMILES string of the molecule is COC(=O)CN=Cc1ccc(C(=O)OC)cc1. The van der Waals surface area contributed by atoms with Crippen molar-refractivity contribution in [2.75, 3.05) is 20.8 Å². The number of hydrogen-bond acceptors (Lipinski definition) is 5. The largest absolute Gasteiger partial charge is 0.468 e. The Morgan fingerprint density at radius 3 is 2.35 bits per heavy atom. The minimum atomic E-state index is -0.396. The van der Waals surface area contributed by atoms with E-state index in [0.29, 0.717) is 5.56 Å². The first-order chi connectivity index (χ1) is 8.17. The Balaban J connectivity index is 2.62. The molecule has 0 unspecified atom stereocenters. The Labute approximate surface area is 99.1 Å². The molecule has 0 aliphatic carbocycles. The molecule has 0 aliphatic rings. The lowest BCUT2D eigenvalue weighted by molar-refractivity contribution is -0.138. The molecule has 5 heteroatoms. The lowest BCUT2D eigenvalue weighted by Gasteiger charge is -1.99. The van der Waals surface area contributed by atoms with Crippen molar-refractivity contribution in [1.29, 1.82) is 0 Å². The first-order valence-electron chi connectivity index (χ1n) is 4.92. The van der Waals surface area contributed by atoms with Crippen molar-refractivity contribution in [3.8, 4) is 0 Å².